The van der Waals surface area contributed by atoms with Crippen LogP contribution in [-0.4, -0.2) is 57.8 Å². The molecule has 26 heavy (non-hydrogen) atoms. The molecule has 0 heterocycles. The van der Waals surface area contributed by atoms with Gasteiger partial charge in [0.15, 0.2) is 0 Å². The molecule has 150 valence electrons. The number of rotatable bonds is 17. The van der Waals surface area contributed by atoms with Gasteiger partial charge in [-0.1, -0.05) is 12.1 Å². The molecule has 0 saturated carbocycles. The van der Waals surface area contributed by atoms with Gasteiger partial charge in [-0.15, -0.1) is 0 Å². The number of unbranched alkanes of at least 4 members (excludes halogenated alkanes) is 2. The van der Waals surface area contributed by atoms with E-state index in [2.05, 4.69) is 22.3 Å². The van der Waals surface area contributed by atoms with Crippen molar-refractivity contribution in [2.75, 3.05) is 52.9 Å². The van der Waals surface area contributed by atoms with Gasteiger partial charge in [-0.3, -0.25) is 0 Å². The third-order valence-electron chi connectivity index (χ3n) is 4.66. The molecule has 5 nitrogen and oxygen atoms in total. The van der Waals surface area contributed by atoms with Gasteiger partial charge in [-0.25, -0.2) is 0 Å². The van der Waals surface area contributed by atoms with Crippen molar-refractivity contribution in [2.45, 2.75) is 44.9 Å². The Hall–Kier alpha value is -1.14. The summed E-state index contributed by atoms with van der Waals surface area (Å²) in [6, 6.07) is 8.37. The number of nitrogens with zero attached hydrogens (tertiary/aromatic N) is 1. The normalized spacial score (nSPS) is 11.2. The Morgan fingerprint density at radius 1 is 0.808 bits per heavy atom. The minimum absolute atomic E-state index is 0.781. The largest absolute Gasteiger partial charge is 0.497 e. The van der Waals surface area contributed by atoms with Gasteiger partial charge in [0.25, 0.3) is 0 Å². The molecule has 0 unspecified atom stereocenters. The molecule has 0 atom stereocenters. The van der Waals surface area contributed by atoms with Crippen LogP contribution in [0.25, 0.3) is 0 Å². The summed E-state index contributed by atoms with van der Waals surface area (Å²) in [5, 5.41) is 3.57. The fraction of sp³-hybridized carbons (Fsp3) is 0.714. The molecule has 0 saturated heterocycles. The van der Waals surface area contributed by atoms with E-state index in [4.69, 9.17) is 16.2 Å². The Morgan fingerprint density at radius 2 is 1.42 bits per heavy atom. The molecule has 0 bridgehead atoms. The van der Waals surface area contributed by atoms with Crippen molar-refractivity contribution in [3.8, 4) is 5.75 Å². The van der Waals surface area contributed by atoms with Gasteiger partial charge in [0, 0.05) is 0 Å². The van der Waals surface area contributed by atoms with Gasteiger partial charge in [-0.05, 0) is 108 Å². The van der Waals surface area contributed by atoms with Crippen LogP contribution in [0.15, 0.2) is 24.3 Å². The van der Waals surface area contributed by atoms with Crippen molar-refractivity contribution >= 4 is 0 Å². The lowest BCUT2D eigenvalue weighted by Gasteiger charge is -2.22. The molecule has 5 N–H and O–H groups in total. The van der Waals surface area contributed by atoms with Gasteiger partial charge >= 0.3 is 0 Å². The first kappa shape index (κ1) is 22.9. The smallest absolute Gasteiger partial charge is 0.118 e. The second-order valence-corrected chi connectivity index (χ2v) is 6.89. The Bertz CT molecular complexity index is 425. The lowest BCUT2D eigenvalue weighted by molar-refractivity contribution is 0.261. The number of nitrogens with one attached hydrogen (secondary N) is 1. The molecule has 1 aromatic rings. The van der Waals surface area contributed by atoms with E-state index in [0.29, 0.717) is 0 Å². The van der Waals surface area contributed by atoms with E-state index in [0.717, 1.165) is 64.3 Å². The monoisotopic (exact) mass is 364 g/mol. The van der Waals surface area contributed by atoms with E-state index < -0.39 is 0 Å². The molecule has 0 aliphatic heterocycles. The van der Waals surface area contributed by atoms with Crippen LogP contribution in [0.2, 0.25) is 0 Å². The summed E-state index contributed by atoms with van der Waals surface area (Å²) in [5.41, 5.74) is 12.6. The zero-order valence-electron chi connectivity index (χ0n) is 16.7. The van der Waals surface area contributed by atoms with Crippen LogP contribution in [0.1, 0.15) is 44.1 Å². The first-order chi connectivity index (χ1) is 12.8. The maximum atomic E-state index is 5.65. The van der Waals surface area contributed by atoms with E-state index in [1.807, 2.05) is 12.1 Å². The maximum Gasteiger partial charge on any atom is 0.118 e. The van der Waals surface area contributed by atoms with Gasteiger partial charge < -0.3 is 26.4 Å². The Morgan fingerprint density at radius 3 is 2.08 bits per heavy atom. The quantitative estimate of drug-likeness (QED) is 0.370. The van der Waals surface area contributed by atoms with Crippen molar-refractivity contribution < 1.29 is 4.74 Å². The second kappa shape index (κ2) is 16.1. The molecule has 0 aliphatic carbocycles. The molecule has 5 heteroatoms. The lowest BCUT2D eigenvalue weighted by atomic mass is 10.1. The van der Waals surface area contributed by atoms with Crippen LogP contribution in [0, 0.1) is 0 Å². The first-order valence-corrected chi connectivity index (χ1v) is 10.3. The fourth-order valence-corrected chi connectivity index (χ4v) is 3.05. The molecular formula is C21H40N4O. The Kier molecular flexibility index (Phi) is 14.1. The minimum atomic E-state index is 0.781. The summed E-state index contributed by atoms with van der Waals surface area (Å²) in [7, 11) is 1.70. The lowest BCUT2D eigenvalue weighted by Crippen LogP contribution is -2.29. The molecule has 0 aliphatic rings. The standard InChI is InChI=1S/C21H40N4O/c1-26-21-11-9-20(10-12-21)8-6-16-24-15-3-5-18-25(19-7-14-23)17-4-2-13-22/h9-12,24H,2-8,13-19,22-23H2,1H3. The van der Waals surface area contributed by atoms with Crippen molar-refractivity contribution in [1.82, 2.24) is 10.2 Å². The summed E-state index contributed by atoms with van der Waals surface area (Å²) < 4.78 is 5.19. The highest BCUT2D eigenvalue weighted by Gasteiger charge is 2.03. The van der Waals surface area contributed by atoms with Gasteiger partial charge in [0.2, 0.25) is 0 Å². The fourth-order valence-electron chi connectivity index (χ4n) is 3.05. The molecule has 0 spiro atoms. The zero-order valence-corrected chi connectivity index (χ0v) is 16.7. The van der Waals surface area contributed by atoms with Crippen LogP contribution in [-0.2, 0) is 6.42 Å². The number of benzene rings is 1. The van der Waals surface area contributed by atoms with Crippen LogP contribution < -0.4 is 21.5 Å². The highest BCUT2D eigenvalue weighted by Crippen LogP contribution is 2.12. The predicted octanol–water partition coefficient (Wildman–Crippen LogP) is 2.39. The number of aryl methyl sites for hydroxylation is 1. The van der Waals surface area contributed by atoms with Crippen molar-refractivity contribution in [3.63, 3.8) is 0 Å². The van der Waals surface area contributed by atoms with Crippen LogP contribution >= 0.6 is 0 Å². The highest BCUT2D eigenvalue weighted by atomic mass is 16.5. The minimum Gasteiger partial charge on any atom is -0.497 e. The molecule has 0 amide bonds. The van der Waals surface area contributed by atoms with Crippen molar-refractivity contribution in [3.05, 3.63) is 29.8 Å². The van der Waals surface area contributed by atoms with Crippen molar-refractivity contribution in [1.29, 1.82) is 0 Å². The topological polar surface area (TPSA) is 76.5 Å². The van der Waals surface area contributed by atoms with Crippen LogP contribution in [0.3, 0.4) is 0 Å². The molecule has 1 rings (SSSR count). The van der Waals surface area contributed by atoms with E-state index in [9.17, 15) is 0 Å². The molecular weight excluding hydrogens is 324 g/mol. The summed E-state index contributed by atoms with van der Waals surface area (Å²) in [6.07, 6.45) is 8.18. The van der Waals surface area contributed by atoms with Gasteiger partial charge in [0.05, 0.1) is 7.11 Å². The van der Waals surface area contributed by atoms with Crippen molar-refractivity contribution in [2.24, 2.45) is 11.5 Å². The third-order valence-corrected chi connectivity index (χ3v) is 4.66. The Labute approximate surface area is 160 Å². The summed E-state index contributed by atoms with van der Waals surface area (Å²) in [6.45, 7) is 7.23. The molecule has 1 aromatic carbocycles. The van der Waals surface area contributed by atoms with Crippen LogP contribution in [0.5, 0.6) is 5.75 Å². The summed E-state index contributed by atoms with van der Waals surface area (Å²) in [5.74, 6) is 0.926. The molecule has 0 aromatic heterocycles. The third kappa shape index (κ3) is 11.5. The summed E-state index contributed by atoms with van der Waals surface area (Å²) >= 11 is 0. The molecule has 0 fully saturated rings. The first-order valence-electron chi connectivity index (χ1n) is 10.3. The SMILES string of the molecule is COc1ccc(CCCNCCCCN(CCCN)CCCCN)cc1. The second-order valence-electron chi connectivity index (χ2n) is 6.89. The average Bonchev–Trinajstić information content (AvgIpc) is 2.68. The Balaban J connectivity index is 2.01. The zero-order chi connectivity index (χ0) is 18.9. The van der Waals surface area contributed by atoms with E-state index >= 15 is 0 Å². The predicted molar refractivity (Wildman–Crippen MR) is 112 cm³/mol. The highest BCUT2D eigenvalue weighted by molar-refractivity contribution is 5.27. The van der Waals surface area contributed by atoms with Crippen LogP contribution in [0.4, 0.5) is 0 Å². The number of hydrogen-bond donors (Lipinski definition) is 3. The average molecular weight is 365 g/mol. The number of hydrogen-bond acceptors (Lipinski definition) is 5. The van der Waals surface area contributed by atoms with E-state index in [1.165, 1.54) is 37.8 Å². The number of ether oxygens (including phenoxy) is 1. The summed E-state index contributed by atoms with van der Waals surface area (Å²) in [4.78, 5) is 2.55. The van der Waals surface area contributed by atoms with Gasteiger partial charge in [-0.2, -0.15) is 0 Å². The van der Waals surface area contributed by atoms with E-state index in [1.54, 1.807) is 7.11 Å². The number of methoxy groups -OCH3 is 1. The number of nitrogens with two attached hydrogens (primary N) is 2. The molecule has 0 radical (unpaired) electrons. The maximum absolute atomic E-state index is 5.65. The van der Waals surface area contributed by atoms with Gasteiger partial charge in [0.1, 0.15) is 5.75 Å². The van der Waals surface area contributed by atoms with E-state index in [-0.39, 0.29) is 0 Å².